The van der Waals surface area contributed by atoms with Crippen LogP contribution >= 0.6 is 0 Å². The van der Waals surface area contributed by atoms with Gasteiger partial charge in [0, 0.05) is 75.8 Å². The van der Waals surface area contributed by atoms with E-state index in [1.54, 1.807) is 12.1 Å². The Balaban J connectivity index is 1.24. The molecule has 0 aliphatic carbocycles. The molecule has 0 radical (unpaired) electrons. The van der Waals surface area contributed by atoms with Crippen molar-refractivity contribution >= 4 is 22.6 Å². The molecule has 1 saturated heterocycles. The summed E-state index contributed by atoms with van der Waals surface area (Å²) in [7, 11) is 0. The van der Waals surface area contributed by atoms with E-state index in [-0.39, 0.29) is 11.5 Å². The van der Waals surface area contributed by atoms with E-state index < -0.39 is 0 Å². The van der Waals surface area contributed by atoms with Crippen molar-refractivity contribution in [2.75, 3.05) is 38.1 Å². The molecule has 166 valence electrons. The van der Waals surface area contributed by atoms with Crippen molar-refractivity contribution in [2.24, 2.45) is 0 Å². The summed E-state index contributed by atoms with van der Waals surface area (Å²) in [5, 5.41) is 3.64. The Bertz CT molecular complexity index is 1210. The van der Waals surface area contributed by atoms with Crippen LogP contribution in [0.4, 0.5) is 5.69 Å². The molecule has 2 aliphatic rings. The standard InChI is InChI=1S/C25H27N3O4/c1-17(29)26-21-3-4-22-20(13-25(30)32-24(22)14-21)16-28-9-7-27(8-10-28)15-18-2-5-23-19(12-18)6-11-31-23/h2-5,12-14H,6-11,15-16H2,1H3,(H,26,29). The van der Waals surface area contributed by atoms with Gasteiger partial charge >= 0.3 is 5.63 Å². The van der Waals surface area contributed by atoms with E-state index in [1.807, 2.05) is 12.1 Å². The smallest absolute Gasteiger partial charge is 0.336 e. The topological polar surface area (TPSA) is 75.0 Å². The van der Waals surface area contributed by atoms with E-state index in [9.17, 15) is 9.59 Å². The van der Waals surface area contributed by atoms with Gasteiger partial charge in [-0.25, -0.2) is 4.79 Å². The van der Waals surface area contributed by atoms with Gasteiger partial charge in [0.05, 0.1) is 6.61 Å². The lowest BCUT2D eigenvalue weighted by molar-refractivity contribution is -0.114. The van der Waals surface area contributed by atoms with Gasteiger partial charge in [0.25, 0.3) is 0 Å². The Hall–Kier alpha value is -3.16. The summed E-state index contributed by atoms with van der Waals surface area (Å²) in [6.45, 7) is 7.75. The van der Waals surface area contributed by atoms with Crippen molar-refractivity contribution in [2.45, 2.75) is 26.4 Å². The van der Waals surface area contributed by atoms with Crippen LogP contribution in [0.1, 0.15) is 23.6 Å². The summed E-state index contributed by atoms with van der Waals surface area (Å²) in [6.07, 6.45) is 1.00. The summed E-state index contributed by atoms with van der Waals surface area (Å²) in [4.78, 5) is 28.3. The summed E-state index contributed by atoms with van der Waals surface area (Å²) in [5.74, 6) is 0.872. The van der Waals surface area contributed by atoms with Crippen molar-refractivity contribution in [1.82, 2.24) is 9.80 Å². The molecule has 0 bridgehead atoms. The fourth-order valence-electron chi connectivity index (χ4n) is 4.58. The summed E-state index contributed by atoms with van der Waals surface area (Å²) < 4.78 is 11.0. The number of nitrogens with zero attached hydrogens (tertiary/aromatic N) is 2. The molecule has 5 rings (SSSR count). The first-order valence-electron chi connectivity index (χ1n) is 11.1. The molecule has 1 N–H and O–H groups in total. The molecule has 0 saturated carbocycles. The lowest BCUT2D eigenvalue weighted by Crippen LogP contribution is -2.45. The molecule has 1 fully saturated rings. The third-order valence-electron chi connectivity index (χ3n) is 6.17. The largest absolute Gasteiger partial charge is 0.493 e. The average Bonchev–Trinajstić information content (AvgIpc) is 3.22. The van der Waals surface area contributed by atoms with Crippen LogP contribution in [0.5, 0.6) is 5.75 Å². The molecular formula is C25H27N3O4. The molecule has 3 aromatic rings. The van der Waals surface area contributed by atoms with Crippen LogP contribution in [-0.4, -0.2) is 48.5 Å². The van der Waals surface area contributed by atoms with Gasteiger partial charge in [-0.3, -0.25) is 14.6 Å². The van der Waals surface area contributed by atoms with Gasteiger partial charge in [0.1, 0.15) is 11.3 Å². The number of hydrogen-bond acceptors (Lipinski definition) is 6. The Labute approximate surface area is 186 Å². The minimum atomic E-state index is -0.369. The monoisotopic (exact) mass is 433 g/mol. The maximum atomic E-state index is 12.1. The maximum Gasteiger partial charge on any atom is 0.336 e. The van der Waals surface area contributed by atoms with Crippen molar-refractivity contribution in [1.29, 1.82) is 0 Å². The maximum absolute atomic E-state index is 12.1. The fourth-order valence-corrected chi connectivity index (χ4v) is 4.58. The highest BCUT2D eigenvalue weighted by Gasteiger charge is 2.20. The molecule has 7 nitrogen and oxygen atoms in total. The second kappa shape index (κ2) is 8.76. The zero-order valence-electron chi connectivity index (χ0n) is 18.2. The molecule has 7 heteroatoms. The van der Waals surface area contributed by atoms with Crippen LogP contribution in [0.3, 0.4) is 0 Å². The first kappa shape index (κ1) is 20.7. The molecule has 1 aromatic heterocycles. The lowest BCUT2D eigenvalue weighted by atomic mass is 10.1. The van der Waals surface area contributed by atoms with Crippen molar-refractivity contribution in [3.63, 3.8) is 0 Å². The Morgan fingerprint density at radius 3 is 2.56 bits per heavy atom. The SMILES string of the molecule is CC(=O)Nc1ccc2c(CN3CCN(Cc4ccc5c(c4)CCO5)CC3)cc(=O)oc2c1. The van der Waals surface area contributed by atoms with Gasteiger partial charge in [-0.2, -0.15) is 0 Å². The van der Waals surface area contributed by atoms with Gasteiger partial charge in [0.15, 0.2) is 0 Å². The number of piperazine rings is 1. The Kier molecular flexibility index (Phi) is 5.68. The second-order valence-corrected chi connectivity index (χ2v) is 8.58. The summed E-state index contributed by atoms with van der Waals surface area (Å²) >= 11 is 0. The molecule has 0 unspecified atom stereocenters. The van der Waals surface area contributed by atoms with Crippen molar-refractivity contribution in [3.8, 4) is 5.75 Å². The minimum Gasteiger partial charge on any atom is -0.493 e. The number of rotatable bonds is 5. The van der Waals surface area contributed by atoms with Crippen LogP contribution in [-0.2, 0) is 24.3 Å². The van der Waals surface area contributed by atoms with E-state index in [4.69, 9.17) is 9.15 Å². The number of hydrogen-bond donors (Lipinski definition) is 1. The molecule has 0 atom stereocenters. The number of benzene rings is 2. The molecule has 3 heterocycles. The number of anilines is 1. The number of carbonyl (C=O) groups is 1. The van der Waals surface area contributed by atoms with E-state index in [0.717, 1.165) is 62.5 Å². The highest BCUT2D eigenvalue weighted by atomic mass is 16.5. The predicted molar refractivity (Wildman–Crippen MR) is 123 cm³/mol. The number of fused-ring (bicyclic) bond motifs is 2. The average molecular weight is 434 g/mol. The van der Waals surface area contributed by atoms with Crippen LogP contribution in [0, 0.1) is 0 Å². The Morgan fingerprint density at radius 1 is 1.00 bits per heavy atom. The van der Waals surface area contributed by atoms with Crippen LogP contribution in [0.2, 0.25) is 0 Å². The van der Waals surface area contributed by atoms with Gasteiger partial charge < -0.3 is 14.5 Å². The predicted octanol–water partition coefficient (Wildman–Crippen LogP) is 3.00. The van der Waals surface area contributed by atoms with E-state index in [2.05, 4.69) is 33.3 Å². The van der Waals surface area contributed by atoms with E-state index >= 15 is 0 Å². The van der Waals surface area contributed by atoms with E-state index in [1.165, 1.54) is 18.1 Å². The first-order valence-corrected chi connectivity index (χ1v) is 11.1. The van der Waals surface area contributed by atoms with Crippen LogP contribution < -0.4 is 15.7 Å². The normalized spacial score (nSPS) is 16.7. The quantitative estimate of drug-likeness (QED) is 0.624. The zero-order chi connectivity index (χ0) is 22.1. The first-order chi connectivity index (χ1) is 15.5. The molecular weight excluding hydrogens is 406 g/mol. The highest BCUT2D eigenvalue weighted by molar-refractivity contribution is 5.92. The lowest BCUT2D eigenvalue weighted by Gasteiger charge is -2.35. The second-order valence-electron chi connectivity index (χ2n) is 8.58. The number of amides is 1. The number of nitrogens with one attached hydrogen (secondary N) is 1. The number of ether oxygens (including phenoxy) is 1. The summed E-state index contributed by atoms with van der Waals surface area (Å²) in [5.41, 5.74) is 4.36. The van der Waals surface area contributed by atoms with Gasteiger partial charge in [-0.15, -0.1) is 0 Å². The van der Waals surface area contributed by atoms with Gasteiger partial charge in [-0.05, 0) is 34.9 Å². The van der Waals surface area contributed by atoms with Gasteiger partial charge in [0.2, 0.25) is 5.91 Å². The zero-order valence-corrected chi connectivity index (χ0v) is 18.2. The van der Waals surface area contributed by atoms with Crippen molar-refractivity contribution < 1.29 is 13.9 Å². The molecule has 1 amide bonds. The summed E-state index contributed by atoms with van der Waals surface area (Å²) in [6, 6.07) is 13.6. The van der Waals surface area contributed by atoms with Crippen molar-refractivity contribution in [3.05, 3.63) is 69.6 Å². The highest BCUT2D eigenvalue weighted by Crippen LogP contribution is 2.27. The van der Waals surface area contributed by atoms with Gasteiger partial charge in [-0.1, -0.05) is 12.1 Å². The third-order valence-corrected chi connectivity index (χ3v) is 6.17. The molecule has 2 aliphatic heterocycles. The van der Waals surface area contributed by atoms with Crippen LogP contribution in [0.25, 0.3) is 11.0 Å². The minimum absolute atomic E-state index is 0.158. The third kappa shape index (κ3) is 4.54. The molecule has 32 heavy (non-hydrogen) atoms. The van der Waals surface area contributed by atoms with Crippen LogP contribution in [0.15, 0.2) is 51.7 Å². The molecule has 2 aromatic carbocycles. The number of carbonyl (C=O) groups excluding carboxylic acids is 1. The van der Waals surface area contributed by atoms with E-state index in [0.29, 0.717) is 17.8 Å². The Morgan fingerprint density at radius 2 is 1.78 bits per heavy atom. The fraction of sp³-hybridized carbons (Fsp3) is 0.360. The molecule has 0 spiro atoms.